The summed E-state index contributed by atoms with van der Waals surface area (Å²) in [6.45, 7) is 2.06. The smallest absolute Gasteiger partial charge is 0.411 e. The van der Waals surface area contributed by atoms with Crippen LogP contribution in [0.5, 0.6) is 0 Å². The molecule has 1 rings (SSSR count). The number of anilines is 2. The fraction of sp³-hybridized carbons (Fsp3) is 0.385. The number of amides is 2. The van der Waals surface area contributed by atoms with Gasteiger partial charge < -0.3 is 10.1 Å². The van der Waals surface area contributed by atoms with Gasteiger partial charge in [0.25, 0.3) is 0 Å². The van der Waals surface area contributed by atoms with Crippen LogP contribution in [-0.4, -0.2) is 24.5 Å². The normalized spacial score (nSPS) is 9.79. The lowest BCUT2D eigenvalue weighted by Gasteiger charge is -2.07. The van der Waals surface area contributed by atoms with E-state index >= 15 is 0 Å². The Bertz CT molecular complexity index is 420. The highest BCUT2D eigenvalue weighted by Gasteiger charge is 2.04. The van der Waals surface area contributed by atoms with Crippen molar-refractivity contribution in [3.63, 3.8) is 0 Å². The van der Waals surface area contributed by atoms with Gasteiger partial charge in [-0.1, -0.05) is 0 Å². The van der Waals surface area contributed by atoms with E-state index in [1.54, 1.807) is 31.2 Å². The molecular formula is C13H17ClN2O3. The summed E-state index contributed by atoms with van der Waals surface area (Å²) < 4.78 is 4.75. The first-order valence-electron chi connectivity index (χ1n) is 6.05. The number of halogens is 1. The highest BCUT2D eigenvalue weighted by atomic mass is 35.5. The lowest BCUT2D eigenvalue weighted by atomic mass is 10.2. The monoisotopic (exact) mass is 284 g/mol. The van der Waals surface area contributed by atoms with Gasteiger partial charge in [0.15, 0.2) is 0 Å². The Morgan fingerprint density at radius 3 is 2.26 bits per heavy atom. The number of rotatable bonds is 6. The largest absolute Gasteiger partial charge is 0.450 e. The van der Waals surface area contributed by atoms with E-state index in [-0.39, 0.29) is 5.91 Å². The van der Waals surface area contributed by atoms with Crippen LogP contribution in [0.2, 0.25) is 0 Å². The number of carbonyl (C=O) groups is 2. The van der Waals surface area contributed by atoms with Crippen LogP contribution in [-0.2, 0) is 9.53 Å². The zero-order valence-corrected chi connectivity index (χ0v) is 11.5. The van der Waals surface area contributed by atoms with Crippen LogP contribution in [0, 0.1) is 0 Å². The van der Waals surface area contributed by atoms with Gasteiger partial charge in [0.1, 0.15) is 0 Å². The maximum absolute atomic E-state index is 11.5. The number of carbonyl (C=O) groups excluding carboxylic acids is 2. The number of ether oxygens (including phenoxy) is 1. The highest BCUT2D eigenvalue weighted by molar-refractivity contribution is 6.18. The molecule has 0 bridgehead atoms. The molecular weight excluding hydrogens is 268 g/mol. The van der Waals surface area contributed by atoms with E-state index in [9.17, 15) is 9.59 Å². The molecule has 0 heterocycles. The van der Waals surface area contributed by atoms with Gasteiger partial charge in [-0.15, -0.1) is 11.6 Å². The summed E-state index contributed by atoms with van der Waals surface area (Å²) >= 11 is 5.51. The van der Waals surface area contributed by atoms with E-state index in [4.69, 9.17) is 16.3 Å². The Balaban J connectivity index is 2.47. The Hall–Kier alpha value is -1.75. The molecule has 2 amide bonds. The van der Waals surface area contributed by atoms with Crippen molar-refractivity contribution in [2.45, 2.75) is 19.8 Å². The minimum atomic E-state index is -0.499. The van der Waals surface area contributed by atoms with Crippen LogP contribution in [0.4, 0.5) is 16.2 Å². The first-order chi connectivity index (χ1) is 9.15. The van der Waals surface area contributed by atoms with Crippen molar-refractivity contribution >= 4 is 35.0 Å². The third-order valence-electron chi connectivity index (χ3n) is 2.23. The number of hydrogen-bond donors (Lipinski definition) is 2. The quantitative estimate of drug-likeness (QED) is 0.788. The van der Waals surface area contributed by atoms with E-state index in [2.05, 4.69) is 10.6 Å². The number of alkyl halides is 1. The van der Waals surface area contributed by atoms with Crippen LogP contribution < -0.4 is 10.6 Å². The van der Waals surface area contributed by atoms with Crippen molar-refractivity contribution in [3.8, 4) is 0 Å². The first kappa shape index (κ1) is 15.3. The van der Waals surface area contributed by atoms with Crippen molar-refractivity contribution in [2.75, 3.05) is 23.1 Å². The van der Waals surface area contributed by atoms with Crippen LogP contribution in [0.25, 0.3) is 0 Å². The van der Waals surface area contributed by atoms with Crippen molar-refractivity contribution in [3.05, 3.63) is 24.3 Å². The third-order valence-corrected chi connectivity index (χ3v) is 2.50. The van der Waals surface area contributed by atoms with E-state index in [1.165, 1.54) is 0 Å². The Morgan fingerprint density at radius 2 is 1.74 bits per heavy atom. The fourth-order valence-electron chi connectivity index (χ4n) is 1.37. The summed E-state index contributed by atoms with van der Waals surface area (Å²) in [6.07, 6.45) is 0.545. The van der Waals surface area contributed by atoms with Gasteiger partial charge in [-0.2, -0.15) is 0 Å². The number of hydrogen-bond acceptors (Lipinski definition) is 3. The first-order valence-corrected chi connectivity index (χ1v) is 6.58. The summed E-state index contributed by atoms with van der Waals surface area (Å²) in [5, 5.41) is 5.31. The lowest BCUT2D eigenvalue weighted by Crippen LogP contribution is -2.14. The predicted octanol–water partition coefficient (Wildman–Crippen LogP) is 3.21. The summed E-state index contributed by atoms with van der Waals surface area (Å²) in [5.74, 6) is 0.391. The molecule has 0 fully saturated rings. The average molecular weight is 285 g/mol. The third kappa shape index (κ3) is 6.10. The van der Waals surface area contributed by atoms with E-state index in [0.717, 1.165) is 0 Å². The van der Waals surface area contributed by atoms with Gasteiger partial charge in [0, 0.05) is 23.7 Å². The molecule has 0 atom stereocenters. The standard InChI is InChI=1S/C13H17ClN2O3/c1-2-19-13(18)16-11-7-5-10(6-8-11)15-12(17)4-3-9-14/h5-8H,2-4,9H2,1H3,(H,15,17)(H,16,18). The second-order valence-electron chi connectivity index (χ2n) is 3.76. The summed E-state index contributed by atoms with van der Waals surface area (Å²) in [5.41, 5.74) is 1.28. The zero-order chi connectivity index (χ0) is 14.1. The molecule has 0 saturated heterocycles. The summed E-state index contributed by atoms with van der Waals surface area (Å²) in [7, 11) is 0. The molecule has 0 unspecified atom stereocenters. The second-order valence-corrected chi connectivity index (χ2v) is 4.14. The second kappa shape index (κ2) is 8.37. The molecule has 0 aliphatic heterocycles. The Kier molecular flexibility index (Phi) is 6.74. The predicted molar refractivity (Wildman–Crippen MR) is 75.7 cm³/mol. The van der Waals surface area contributed by atoms with E-state index in [0.29, 0.717) is 36.7 Å². The number of nitrogens with one attached hydrogen (secondary N) is 2. The summed E-state index contributed by atoms with van der Waals surface area (Å²) in [4.78, 5) is 22.6. The van der Waals surface area contributed by atoms with Gasteiger partial charge in [0.05, 0.1) is 6.61 Å². The van der Waals surface area contributed by atoms with Gasteiger partial charge in [-0.25, -0.2) is 4.79 Å². The molecule has 0 aliphatic rings. The Morgan fingerprint density at radius 1 is 1.16 bits per heavy atom. The van der Waals surface area contributed by atoms with Crippen LogP contribution >= 0.6 is 11.6 Å². The van der Waals surface area contributed by atoms with Crippen molar-refractivity contribution in [1.82, 2.24) is 0 Å². The molecule has 0 radical (unpaired) electrons. The number of benzene rings is 1. The average Bonchev–Trinajstić information content (AvgIpc) is 2.39. The van der Waals surface area contributed by atoms with Gasteiger partial charge >= 0.3 is 6.09 Å². The maximum atomic E-state index is 11.5. The van der Waals surface area contributed by atoms with E-state index in [1.807, 2.05) is 0 Å². The van der Waals surface area contributed by atoms with Crippen LogP contribution in [0.15, 0.2) is 24.3 Å². The molecule has 2 N–H and O–H groups in total. The maximum Gasteiger partial charge on any atom is 0.411 e. The fourth-order valence-corrected chi connectivity index (χ4v) is 1.51. The van der Waals surface area contributed by atoms with Crippen molar-refractivity contribution in [1.29, 1.82) is 0 Å². The SMILES string of the molecule is CCOC(=O)Nc1ccc(NC(=O)CCCCl)cc1. The van der Waals surface area contributed by atoms with Crippen molar-refractivity contribution < 1.29 is 14.3 Å². The minimum Gasteiger partial charge on any atom is -0.450 e. The molecule has 0 spiro atoms. The summed E-state index contributed by atoms with van der Waals surface area (Å²) in [6, 6.07) is 6.79. The minimum absolute atomic E-state index is 0.0771. The molecule has 1 aromatic carbocycles. The topological polar surface area (TPSA) is 67.4 Å². The van der Waals surface area contributed by atoms with Gasteiger partial charge in [-0.3, -0.25) is 10.1 Å². The van der Waals surface area contributed by atoms with Gasteiger partial charge in [-0.05, 0) is 37.6 Å². The molecule has 0 saturated carbocycles. The lowest BCUT2D eigenvalue weighted by molar-refractivity contribution is -0.116. The molecule has 1 aromatic rings. The molecule has 0 aromatic heterocycles. The van der Waals surface area contributed by atoms with Crippen LogP contribution in [0.1, 0.15) is 19.8 Å². The molecule has 6 heteroatoms. The van der Waals surface area contributed by atoms with Gasteiger partial charge in [0.2, 0.25) is 5.91 Å². The molecule has 5 nitrogen and oxygen atoms in total. The van der Waals surface area contributed by atoms with E-state index < -0.39 is 6.09 Å². The van der Waals surface area contributed by atoms with Crippen LogP contribution in [0.3, 0.4) is 0 Å². The molecule has 104 valence electrons. The van der Waals surface area contributed by atoms with Crippen molar-refractivity contribution in [2.24, 2.45) is 0 Å². The molecule has 0 aliphatic carbocycles. The Labute approximate surface area is 117 Å². The zero-order valence-electron chi connectivity index (χ0n) is 10.7. The highest BCUT2D eigenvalue weighted by Crippen LogP contribution is 2.14. The molecule has 19 heavy (non-hydrogen) atoms.